The molecule has 5 atom stereocenters. The summed E-state index contributed by atoms with van der Waals surface area (Å²) in [5.41, 5.74) is 1.69. The van der Waals surface area contributed by atoms with E-state index in [4.69, 9.17) is 4.74 Å². The molecule has 0 radical (unpaired) electrons. The fourth-order valence-electron chi connectivity index (χ4n) is 6.72. The number of halogens is 4. The van der Waals surface area contributed by atoms with Crippen molar-refractivity contribution in [3.05, 3.63) is 83.7 Å². The van der Waals surface area contributed by atoms with Gasteiger partial charge in [-0.25, -0.2) is 4.39 Å². The molecule has 39 heavy (non-hydrogen) atoms. The minimum absolute atomic E-state index is 0.0178. The van der Waals surface area contributed by atoms with Gasteiger partial charge in [0.2, 0.25) is 0 Å². The molecule has 0 spiro atoms. The zero-order valence-corrected chi connectivity index (χ0v) is 21.8. The molecule has 4 aliphatic rings. The highest BCUT2D eigenvalue weighted by Gasteiger charge is 2.45. The first-order valence-electron chi connectivity index (χ1n) is 14.0. The first-order chi connectivity index (χ1) is 18.8. The lowest BCUT2D eigenvalue weighted by Crippen LogP contribution is -2.49. The van der Waals surface area contributed by atoms with E-state index >= 15 is 0 Å². The number of ether oxygens (including phenoxy) is 1. The van der Waals surface area contributed by atoms with E-state index in [1.807, 2.05) is 6.08 Å². The molecule has 208 valence electrons. The second-order valence-corrected chi connectivity index (χ2v) is 11.3. The van der Waals surface area contributed by atoms with E-state index in [2.05, 4.69) is 33.8 Å². The molecule has 2 aromatic carbocycles. The van der Waals surface area contributed by atoms with Gasteiger partial charge in [0, 0.05) is 60.5 Å². The molecule has 3 aliphatic heterocycles. The van der Waals surface area contributed by atoms with Gasteiger partial charge in [0.1, 0.15) is 5.82 Å². The van der Waals surface area contributed by atoms with Crippen LogP contribution in [0.2, 0.25) is 0 Å². The molecule has 8 heteroatoms. The lowest BCUT2D eigenvalue weighted by atomic mass is 9.73. The van der Waals surface area contributed by atoms with Crippen molar-refractivity contribution in [1.82, 2.24) is 4.90 Å². The van der Waals surface area contributed by atoms with E-state index < -0.39 is 11.7 Å². The number of rotatable bonds is 5. The molecule has 0 aromatic heterocycles. The number of nitrogens with zero attached hydrogens (tertiary/aromatic N) is 1. The Morgan fingerprint density at radius 2 is 1.77 bits per heavy atom. The monoisotopic (exact) mass is 541 g/mol. The summed E-state index contributed by atoms with van der Waals surface area (Å²) < 4.78 is 60.8. The third kappa shape index (κ3) is 5.87. The van der Waals surface area contributed by atoms with Gasteiger partial charge < -0.3 is 20.3 Å². The maximum Gasteiger partial charge on any atom is 0.416 e. The molecule has 4 nitrogen and oxygen atoms in total. The van der Waals surface area contributed by atoms with Crippen molar-refractivity contribution < 1.29 is 22.3 Å². The van der Waals surface area contributed by atoms with Gasteiger partial charge in [-0.05, 0) is 74.6 Å². The number of fused-ring (bicyclic) bond motifs is 3. The number of piperidine rings is 1. The maximum absolute atomic E-state index is 13.6. The van der Waals surface area contributed by atoms with Crippen molar-refractivity contribution in [2.24, 2.45) is 11.8 Å². The fourth-order valence-corrected chi connectivity index (χ4v) is 6.72. The van der Waals surface area contributed by atoms with E-state index in [1.54, 1.807) is 18.2 Å². The molecule has 2 fully saturated rings. The Kier molecular flexibility index (Phi) is 7.42. The van der Waals surface area contributed by atoms with Crippen molar-refractivity contribution in [2.45, 2.75) is 62.6 Å². The van der Waals surface area contributed by atoms with E-state index in [0.29, 0.717) is 11.6 Å². The predicted molar refractivity (Wildman–Crippen MR) is 145 cm³/mol. The van der Waals surface area contributed by atoms with Crippen LogP contribution in [-0.2, 0) is 10.9 Å². The van der Waals surface area contributed by atoms with Crippen molar-refractivity contribution >= 4 is 11.4 Å². The first-order valence-corrected chi connectivity index (χ1v) is 14.0. The van der Waals surface area contributed by atoms with Gasteiger partial charge in [0.15, 0.2) is 0 Å². The number of alkyl halides is 3. The van der Waals surface area contributed by atoms with Gasteiger partial charge >= 0.3 is 6.18 Å². The number of likely N-dealkylation sites (tertiary alicyclic amines) is 1. The highest BCUT2D eigenvalue weighted by molar-refractivity contribution is 5.58. The Hall–Kier alpha value is -2.84. The lowest BCUT2D eigenvalue weighted by Gasteiger charge is -2.48. The Morgan fingerprint density at radius 1 is 0.974 bits per heavy atom. The topological polar surface area (TPSA) is 36.5 Å². The number of hydrogen-bond donors (Lipinski definition) is 2. The van der Waals surface area contributed by atoms with Crippen molar-refractivity contribution in [3.8, 4) is 0 Å². The van der Waals surface area contributed by atoms with Crippen LogP contribution in [0, 0.1) is 17.7 Å². The normalized spacial score (nSPS) is 29.4. The van der Waals surface area contributed by atoms with E-state index in [9.17, 15) is 17.6 Å². The Labute approximate surface area is 227 Å². The number of allylic oxidation sites excluding steroid dienone is 3. The fraction of sp³-hybridized carbons (Fsp3) is 0.484. The predicted octanol–water partition coefficient (Wildman–Crippen LogP) is 7.18. The van der Waals surface area contributed by atoms with Crippen molar-refractivity contribution in [1.29, 1.82) is 0 Å². The largest absolute Gasteiger partial charge is 0.416 e. The first kappa shape index (κ1) is 26.4. The third-order valence-electron chi connectivity index (χ3n) is 8.76. The van der Waals surface area contributed by atoms with Crippen molar-refractivity contribution in [2.75, 3.05) is 30.3 Å². The molecule has 2 saturated heterocycles. The molecule has 3 heterocycles. The van der Waals surface area contributed by atoms with E-state index in [1.165, 1.54) is 24.3 Å². The maximum atomic E-state index is 13.6. The molecule has 0 saturated carbocycles. The summed E-state index contributed by atoms with van der Waals surface area (Å²) in [6, 6.07) is 11.0. The summed E-state index contributed by atoms with van der Waals surface area (Å²) in [5, 5.41) is 7.10. The summed E-state index contributed by atoms with van der Waals surface area (Å²) in [4.78, 5) is 2.41. The SMILES string of the molecule is Fc1ccc(NC2CCN(C[C@H]3CC[C@@H]4[C@H](O3)c3cc(C(F)(F)F)ccc3N[C@H]4C3C=CC=CC3)CC2)cc1. The number of nitrogens with one attached hydrogen (secondary N) is 2. The summed E-state index contributed by atoms with van der Waals surface area (Å²) >= 11 is 0. The van der Waals surface area contributed by atoms with Crippen LogP contribution in [-0.4, -0.2) is 42.7 Å². The van der Waals surface area contributed by atoms with Gasteiger partial charge in [-0.2, -0.15) is 13.2 Å². The molecule has 6 rings (SSSR count). The molecular weight excluding hydrogens is 506 g/mol. The van der Waals surface area contributed by atoms with Gasteiger partial charge in [-0.3, -0.25) is 0 Å². The average molecular weight is 542 g/mol. The minimum Gasteiger partial charge on any atom is -0.382 e. The second-order valence-electron chi connectivity index (χ2n) is 11.3. The molecule has 2 aromatic rings. The molecule has 0 bridgehead atoms. The highest BCUT2D eigenvalue weighted by atomic mass is 19.4. The van der Waals surface area contributed by atoms with E-state index in [-0.39, 0.29) is 35.9 Å². The smallest absolute Gasteiger partial charge is 0.382 e. The summed E-state index contributed by atoms with van der Waals surface area (Å²) in [7, 11) is 0. The molecule has 2 N–H and O–H groups in total. The van der Waals surface area contributed by atoms with Crippen LogP contribution in [0.25, 0.3) is 0 Å². The Morgan fingerprint density at radius 3 is 2.49 bits per heavy atom. The minimum atomic E-state index is -4.39. The molecule has 1 aliphatic carbocycles. The van der Waals surface area contributed by atoms with Gasteiger partial charge in [-0.1, -0.05) is 24.3 Å². The molecular formula is C31H35F4N3O. The van der Waals surface area contributed by atoms with Crippen LogP contribution in [0.3, 0.4) is 0 Å². The van der Waals surface area contributed by atoms with Crippen LogP contribution in [0.15, 0.2) is 66.8 Å². The Bertz CT molecular complexity index is 1200. The highest BCUT2D eigenvalue weighted by Crippen LogP contribution is 2.49. The third-order valence-corrected chi connectivity index (χ3v) is 8.76. The number of benzene rings is 2. The zero-order chi connectivity index (χ0) is 27.0. The summed E-state index contributed by atoms with van der Waals surface area (Å²) in [6.07, 6.45) is 8.39. The van der Waals surface area contributed by atoms with Crippen LogP contribution < -0.4 is 10.6 Å². The van der Waals surface area contributed by atoms with Crippen molar-refractivity contribution in [3.63, 3.8) is 0 Å². The second kappa shape index (κ2) is 11.0. The number of anilines is 2. The lowest BCUT2D eigenvalue weighted by molar-refractivity contribution is -0.138. The molecule has 0 amide bonds. The summed E-state index contributed by atoms with van der Waals surface area (Å²) in [6.45, 7) is 2.63. The quantitative estimate of drug-likeness (QED) is 0.393. The summed E-state index contributed by atoms with van der Waals surface area (Å²) in [5.74, 6) is 0.157. The van der Waals surface area contributed by atoms with E-state index in [0.717, 1.165) is 63.1 Å². The molecule has 1 unspecified atom stereocenters. The standard InChI is InChI=1S/C31H35F4N3O/c32-22-7-9-23(10-8-22)36-24-14-16-38(17-15-24)19-25-11-12-26-29(20-4-2-1-3-5-20)37-28-13-6-21(31(33,34)35)18-27(28)30(26)39-25/h1-4,6-10,13,18,20,24-26,29-30,36-37H,5,11-12,14-17,19H2/t20?,25-,26+,29+,30+/m1/s1. The van der Waals surface area contributed by atoms with Gasteiger partial charge in [0.25, 0.3) is 0 Å². The van der Waals surface area contributed by atoms with Gasteiger partial charge in [-0.15, -0.1) is 0 Å². The van der Waals surface area contributed by atoms with Crippen LogP contribution in [0.4, 0.5) is 28.9 Å². The van der Waals surface area contributed by atoms with Gasteiger partial charge in [0.05, 0.1) is 17.8 Å². The average Bonchev–Trinajstić information content (AvgIpc) is 2.94. The van der Waals surface area contributed by atoms with Crippen LogP contribution >= 0.6 is 0 Å². The van der Waals surface area contributed by atoms with Crippen LogP contribution in [0.1, 0.15) is 49.3 Å². The Balaban J connectivity index is 1.13. The van der Waals surface area contributed by atoms with Crippen LogP contribution in [0.5, 0.6) is 0 Å². The number of hydrogen-bond acceptors (Lipinski definition) is 4. The zero-order valence-electron chi connectivity index (χ0n) is 21.8.